The van der Waals surface area contributed by atoms with E-state index < -0.39 is 0 Å². The molecule has 4 nitrogen and oxygen atoms in total. The van der Waals surface area contributed by atoms with Gasteiger partial charge in [-0.25, -0.2) is 0 Å². The van der Waals surface area contributed by atoms with Crippen molar-refractivity contribution in [1.29, 1.82) is 0 Å². The number of rotatable bonds is 7. The summed E-state index contributed by atoms with van der Waals surface area (Å²) in [5.41, 5.74) is 2.36. The molecule has 0 saturated carbocycles. The highest BCUT2D eigenvalue weighted by Crippen LogP contribution is 2.30. The molecular weight excluding hydrogens is 264 g/mol. The molecule has 0 atom stereocenters. The third-order valence-corrected chi connectivity index (χ3v) is 4.75. The van der Waals surface area contributed by atoms with Gasteiger partial charge in [-0.15, -0.1) is 0 Å². The van der Waals surface area contributed by atoms with Crippen molar-refractivity contribution in [1.82, 2.24) is 0 Å². The van der Waals surface area contributed by atoms with Gasteiger partial charge in [-0.1, -0.05) is 26.0 Å². The van der Waals surface area contributed by atoms with Crippen molar-refractivity contribution in [2.75, 3.05) is 49.7 Å². The maximum atomic E-state index is 9.71. The zero-order valence-corrected chi connectivity index (χ0v) is 13.3. The van der Waals surface area contributed by atoms with Gasteiger partial charge in [0.2, 0.25) is 0 Å². The molecule has 1 aliphatic heterocycles. The number of hydrogen-bond acceptors (Lipinski definition) is 4. The molecule has 4 heteroatoms. The van der Waals surface area contributed by atoms with Gasteiger partial charge < -0.3 is 20.1 Å². The Balaban J connectivity index is 2.09. The van der Waals surface area contributed by atoms with E-state index in [9.17, 15) is 5.11 Å². The Morgan fingerprint density at radius 3 is 2.48 bits per heavy atom. The molecule has 1 aromatic rings. The first kappa shape index (κ1) is 16.1. The highest BCUT2D eigenvalue weighted by atomic mass is 16.5. The molecule has 0 aromatic heterocycles. The Morgan fingerprint density at radius 2 is 1.86 bits per heavy atom. The maximum absolute atomic E-state index is 9.71. The second-order valence-electron chi connectivity index (χ2n) is 5.84. The second kappa shape index (κ2) is 7.66. The molecule has 0 amide bonds. The number of hydrogen-bond donors (Lipinski definition) is 2. The zero-order chi connectivity index (χ0) is 15.1. The number of morpholine rings is 1. The topological polar surface area (TPSA) is 44.7 Å². The third kappa shape index (κ3) is 3.89. The first-order valence-electron chi connectivity index (χ1n) is 8.01. The zero-order valence-electron chi connectivity index (χ0n) is 13.3. The lowest BCUT2D eigenvalue weighted by atomic mass is 9.83. The summed E-state index contributed by atoms with van der Waals surface area (Å²) in [5, 5.41) is 13.3. The van der Waals surface area contributed by atoms with Gasteiger partial charge in [-0.3, -0.25) is 0 Å². The largest absolute Gasteiger partial charge is 0.396 e. The number of para-hydroxylation sites is 2. The lowest BCUT2D eigenvalue weighted by Crippen LogP contribution is -2.37. The lowest BCUT2D eigenvalue weighted by molar-refractivity contribution is 0.122. The van der Waals surface area contributed by atoms with Crippen molar-refractivity contribution in [3.63, 3.8) is 0 Å². The van der Waals surface area contributed by atoms with Crippen LogP contribution in [-0.4, -0.2) is 44.6 Å². The number of aliphatic hydroxyl groups is 1. The van der Waals surface area contributed by atoms with Crippen LogP contribution in [0.3, 0.4) is 0 Å². The number of ether oxygens (including phenoxy) is 1. The van der Waals surface area contributed by atoms with Gasteiger partial charge >= 0.3 is 0 Å². The van der Waals surface area contributed by atoms with Gasteiger partial charge in [0, 0.05) is 25.0 Å². The molecule has 1 fully saturated rings. The summed E-state index contributed by atoms with van der Waals surface area (Å²) < 4.78 is 5.43. The average molecular weight is 292 g/mol. The average Bonchev–Trinajstić information content (AvgIpc) is 2.58. The van der Waals surface area contributed by atoms with Crippen LogP contribution in [0, 0.1) is 5.41 Å². The Kier molecular flexibility index (Phi) is 5.88. The lowest BCUT2D eigenvalue weighted by Gasteiger charge is -2.33. The minimum atomic E-state index is -0.0296. The molecule has 1 saturated heterocycles. The fraction of sp³-hybridized carbons (Fsp3) is 0.647. The molecule has 118 valence electrons. The van der Waals surface area contributed by atoms with Crippen LogP contribution < -0.4 is 10.2 Å². The molecule has 1 aliphatic rings. The van der Waals surface area contributed by atoms with Crippen LogP contribution in [-0.2, 0) is 4.74 Å². The number of anilines is 2. The molecule has 0 radical (unpaired) electrons. The van der Waals surface area contributed by atoms with Crippen molar-refractivity contribution >= 4 is 11.4 Å². The predicted octanol–water partition coefficient (Wildman–Crippen LogP) is 2.73. The normalized spacial score (nSPS) is 16.0. The van der Waals surface area contributed by atoms with Gasteiger partial charge in [0.05, 0.1) is 31.2 Å². The summed E-state index contributed by atoms with van der Waals surface area (Å²) in [6.45, 7) is 8.78. The van der Waals surface area contributed by atoms with Crippen LogP contribution in [0.5, 0.6) is 0 Å². The smallest absolute Gasteiger partial charge is 0.0642 e. The van der Waals surface area contributed by atoms with E-state index in [1.807, 2.05) is 0 Å². The van der Waals surface area contributed by atoms with Gasteiger partial charge in [-0.2, -0.15) is 0 Å². The minimum absolute atomic E-state index is 0.0296. The van der Waals surface area contributed by atoms with Crippen molar-refractivity contribution in [3.05, 3.63) is 24.3 Å². The molecule has 0 unspecified atom stereocenters. The summed E-state index contributed by atoms with van der Waals surface area (Å²) in [4.78, 5) is 2.37. The highest BCUT2D eigenvalue weighted by Gasteiger charge is 2.25. The van der Waals surface area contributed by atoms with E-state index >= 15 is 0 Å². The van der Waals surface area contributed by atoms with Crippen LogP contribution in [0.25, 0.3) is 0 Å². The standard InChI is InChI=1S/C17H28N2O2/c1-3-17(4-2,14-20)13-18-15-7-5-6-8-16(15)19-9-11-21-12-10-19/h5-8,18,20H,3-4,9-14H2,1-2H3. The number of nitrogens with zero attached hydrogens (tertiary/aromatic N) is 1. The van der Waals surface area contributed by atoms with Crippen LogP contribution in [0.2, 0.25) is 0 Å². The number of aliphatic hydroxyl groups excluding tert-OH is 1. The Labute approximate surface area is 128 Å². The van der Waals surface area contributed by atoms with E-state index in [2.05, 4.69) is 48.3 Å². The Morgan fingerprint density at radius 1 is 1.19 bits per heavy atom. The summed E-state index contributed by atoms with van der Waals surface area (Å²) in [5.74, 6) is 0. The van der Waals surface area contributed by atoms with Crippen molar-refractivity contribution < 1.29 is 9.84 Å². The molecule has 0 bridgehead atoms. The molecule has 2 N–H and O–H groups in total. The summed E-state index contributed by atoms with van der Waals surface area (Å²) >= 11 is 0. The molecule has 21 heavy (non-hydrogen) atoms. The second-order valence-corrected chi connectivity index (χ2v) is 5.84. The van der Waals surface area contributed by atoms with Gasteiger partial charge in [0.15, 0.2) is 0 Å². The Hall–Kier alpha value is -1.26. The van der Waals surface area contributed by atoms with E-state index in [4.69, 9.17) is 4.74 Å². The minimum Gasteiger partial charge on any atom is -0.396 e. The van der Waals surface area contributed by atoms with E-state index in [1.54, 1.807) is 0 Å². The van der Waals surface area contributed by atoms with Crippen LogP contribution in [0.1, 0.15) is 26.7 Å². The van der Waals surface area contributed by atoms with Crippen molar-refractivity contribution in [3.8, 4) is 0 Å². The Bertz CT molecular complexity index is 418. The fourth-order valence-corrected chi connectivity index (χ4v) is 2.77. The van der Waals surface area contributed by atoms with Gasteiger partial charge in [0.25, 0.3) is 0 Å². The summed E-state index contributed by atoms with van der Waals surface area (Å²) in [7, 11) is 0. The van der Waals surface area contributed by atoms with E-state index in [0.29, 0.717) is 0 Å². The maximum Gasteiger partial charge on any atom is 0.0642 e. The van der Waals surface area contributed by atoms with E-state index in [-0.39, 0.29) is 12.0 Å². The van der Waals surface area contributed by atoms with Gasteiger partial charge in [-0.05, 0) is 25.0 Å². The SMILES string of the molecule is CCC(CC)(CO)CNc1ccccc1N1CCOCC1. The molecule has 0 spiro atoms. The van der Waals surface area contributed by atoms with E-state index in [1.165, 1.54) is 5.69 Å². The summed E-state index contributed by atoms with van der Waals surface area (Å²) in [6.07, 6.45) is 1.96. The van der Waals surface area contributed by atoms with Crippen LogP contribution in [0.15, 0.2) is 24.3 Å². The summed E-state index contributed by atoms with van der Waals surface area (Å²) in [6, 6.07) is 8.42. The van der Waals surface area contributed by atoms with E-state index in [0.717, 1.165) is 51.4 Å². The fourth-order valence-electron chi connectivity index (χ4n) is 2.77. The number of benzene rings is 1. The number of nitrogens with one attached hydrogen (secondary N) is 1. The van der Waals surface area contributed by atoms with Gasteiger partial charge in [0.1, 0.15) is 0 Å². The molecular formula is C17H28N2O2. The van der Waals surface area contributed by atoms with Crippen molar-refractivity contribution in [2.24, 2.45) is 5.41 Å². The first-order valence-corrected chi connectivity index (χ1v) is 8.01. The van der Waals surface area contributed by atoms with Crippen LogP contribution in [0.4, 0.5) is 11.4 Å². The third-order valence-electron chi connectivity index (χ3n) is 4.75. The predicted molar refractivity (Wildman–Crippen MR) is 88.1 cm³/mol. The first-order chi connectivity index (χ1) is 10.2. The molecule has 2 rings (SSSR count). The molecule has 1 heterocycles. The van der Waals surface area contributed by atoms with Crippen molar-refractivity contribution in [2.45, 2.75) is 26.7 Å². The quantitative estimate of drug-likeness (QED) is 0.811. The monoisotopic (exact) mass is 292 g/mol. The highest BCUT2D eigenvalue weighted by molar-refractivity contribution is 5.70. The van der Waals surface area contributed by atoms with Crippen LogP contribution >= 0.6 is 0 Å². The molecule has 0 aliphatic carbocycles. The molecule has 1 aromatic carbocycles.